The maximum atomic E-state index is 13.0. The van der Waals surface area contributed by atoms with Crippen LogP contribution in [-0.2, 0) is 0 Å². The van der Waals surface area contributed by atoms with Crippen LogP contribution in [0.2, 0.25) is 5.02 Å². The number of halogens is 1. The lowest BCUT2D eigenvalue weighted by Gasteiger charge is -2.33. The van der Waals surface area contributed by atoms with Crippen molar-refractivity contribution in [2.24, 2.45) is 0 Å². The molecule has 0 aromatic heterocycles. The van der Waals surface area contributed by atoms with Crippen LogP contribution in [0.5, 0.6) is 5.75 Å². The van der Waals surface area contributed by atoms with Gasteiger partial charge < -0.3 is 14.5 Å². The lowest BCUT2D eigenvalue weighted by molar-refractivity contribution is 0.0661. The third-order valence-corrected chi connectivity index (χ3v) is 5.21. The predicted octanol–water partition coefficient (Wildman–Crippen LogP) is 3.05. The number of carbonyl (C=O) groups is 1. The number of benzene rings is 1. The summed E-state index contributed by atoms with van der Waals surface area (Å²) in [4.78, 5) is 17.4. The summed E-state index contributed by atoms with van der Waals surface area (Å²) >= 11 is 6.08. The van der Waals surface area contributed by atoms with E-state index in [-0.39, 0.29) is 5.91 Å². The van der Waals surface area contributed by atoms with Crippen molar-refractivity contribution in [1.29, 1.82) is 0 Å². The zero-order chi connectivity index (χ0) is 15.7. The van der Waals surface area contributed by atoms with Gasteiger partial charge in [-0.15, -0.1) is 0 Å². The van der Waals surface area contributed by atoms with Crippen LogP contribution in [0.3, 0.4) is 0 Å². The lowest BCUT2D eigenvalue weighted by Crippen LogP contribution is -2.47. The minimum Gasteiger partial charge on any atom is -0.496 e. The number of carbonyl (C=O) groups excluding carboxylic acids is 1. The van der Waals surface area contributed by atoms with Crippen LogP contribution in [0.25, 0.3) is 0 Å². The van der Waals surface area contributed by atoms with Gasteiger partial charge in [0.05, 0.1) is 12.7 Å². The Balaban J connectivity index is 1.86. The zero-order valence-electron chi connectivity index (χ0n) is 13.2. The van der Waals surface area contributed by atoms with Crippen LogP contribution in [-0.4, -0.2) is 55.0 Å². The molecular formula is C17H23ClN2O2. The molecule has 0 spiro atoms. The topological polar surface area (TPSA) is 32.8 Å². The largest absolute Gasteiger partial charge is 0.496 e. The fraction of sp³-hybridized carbons (Fsp3) is 0.588. The van der Waals surface area contributed by atoms with Gasteiger partial charge in [0, 0.05) is 23.7 Å². The van der Waals surface area contributed by atoms with Gasteiger partial charge in [-0.25, -0.2) is 0 Å². The van der Waals surface area contributed by atoms with Crippen molar-refractivity contribution < 1.29 is 9.53 Å². The van der Waals surface area contributed by atoms with E-state index >= 15 is 0 Å². The molecule has 5 heteroatoms. The van der Waals surface area contributed by atoms with E-state index in [1.165, 1.54) is 12.8 Å². The van der Waals surface area contributed by atoms with Gasteiger partial charge in [-0.2, -0.15) is 0 Å². The highest BCUT2D eigenvalue weighted by atomic mass is 35.5. The van der Waals surface area contributed by atoms with Crippen LogP contribution in [0.1, 0.15) is 36.0 Å². The van der Waals surface area contributed by atoms with Gasteiger partial charge in [-0.3, -0.25) is 4.79 Å². The highest BCUT2D eigenvalue weighted by Gasteiger charge is 2.39. The van der Waals surface area contributed by atoms with Gasteiger partial charge in [0.1, 0.15) is 5.75 Å². The molecule has 2 aliphatic heterocycles. The highest BCUT2D eigenvalue weighted by molar-refractivity contribution is 6.31. The summed E-state index contributed by atoms with van der Waals surface area (Å²) in [5, 5.41) is 0.567. The van der Waals surface area contributed by atoms with Gasteiger partial charge >= 0.3 is 0 Å². The normalized spacial score (nSPS) is 25.7. The third-order valence-electron chi connectivity index (χ3n) is 4.97. The molecule has 3 rings (SSSR count). The number of methoxy groups -OCH3 is 1. The number of hydrogen-bond acceptors (Lipinski definition) is 3. The van der Waals surface area contributed by atoms with E-state index in [2.05, 4.69) is 11.9 Å². The highest BCUT2D eigenvalue weighted by Crippen LogP contribution is 2.32. The average Bonchev–Trinajstić information content (AvgIpc) is 3.14. The predicted molar refractivity (Wildman–Crippen MR) is 87.7 cm³/mol. The average molecular weight is 323 g/mol. The molecule has 4 nitrogen and oxygen atoms in total. The number of likely N-dealkylation sites (N-methyl/N-ethyl adjacent to an activating group) is 1. The second-order valence-electron chi connectivity index (χ2n) is 6.24. The quantitative estimate of drug-likeness (QED) is 0.857. The van der Waals surface area contributed by atoms with Crippen LogP contribution in [0.4, 0.5) is 0 Å². The Bertz CT molecular complexity index is 564. The van der Waals surface area contributed by atoms with Crippen LogP contribution >= 0.6 is 11.6 Å². The molecule has 2 heterocycles. The molecule has 0 radical (unpaired) electrons. The second-order valence-corrected chi connectivity index (χ2v) is 6.68. The van der Waals surface area contributed by atoms with E-state index in [9.17, 15) is 4.79 Å². The van der Waals surface area contributed by atoms with Crippen LogP contribution in [0.15, 0.2) is 18.2 Å². The monoisotopic (exact) mass is 322 g/mol. The van der Waals surface area contributed by atoms with E-state index in [1.807, 2.05) is 4.90 Å². The number of nitrogens with zero attached hydrogens (tertiary/aromatic N) is 2. The van der Waals surface area contributed by atoms with Crippen molar-refractivity contribution >= 4 is 17.5 Å². The molecule has 2 fully saturated rings. The Kier molecular flexibility index (Phi) is 4.59. The minimum atomic E-state index is 0.0437. The van der Waals surface area contributed by atoms with Gasteiger partial charge in [0.25, 0.3) is 5.91 Å². The molecule has 2 atom stereocenters. The first kappa shape index (κ1) is 15.6. The van der Waals surface area contributed by atoms with Crippen molar-refractivity contribution in [3.63, 3.8) is 0 Å². The van der Waals surface area contributed by atoms with E-state index in [0.717, 1.165) is 25.9 Å². The number of likely N-dealkylation sites (tertiary alicyclic amines) is 2. The minimum absolute atomic E-state index is 0.0437. The molecule has 1 amide bonds. The van der Waals surface area contributed by atoms with Crippen molar-refractivity contribution in [3.8, 4) is 5.75 Å². The van der Waals surface area contributed by atoms with E-state index in [1.54, 1.807) is 25.3 Å². The Morgan fingerprint density at radius 3 is 2.64 bits per heavy atom. The first-order chi connectivity index (χ1) is 10.6. The summed E-state index contributed by atoms with van der Waals surface area (Å²) in [5.74, 6) is 0.641. The van der Waals surface area contributed by atoms with E-state index in [4.69, 9.17) is 16.3 Å². The number of hydrogen-bond donors (Lipinski definition) is 0. The molecule has 2 aliphatic rings. The smallest absolute Gasteiger partial charge is 0.257 e. The van der Waals surface area contributed by atoms with E-state index < -0.39 is 0 Å². The zero-order valence-corrected chi connectivity index (χ0v) is 14.0. The Morgan fingerprint density at radius 2 is 1.95 bits per heavy atom. The van der Waals surface area contributed by atoms with Crippen LogP contribution in [0, 0.1) is 0 Å². The van der Waals surface area contributed by atoms with Crippen LogP contribution < -0.4 is 4.74 Å². The lowest BCUT2D eigenvalue weighted by atomic mass is 10.0. The summed E-state index contributed by atoms with van der Waals surface area (Å²) < 4.78 is 5.35. The fourth-order valence-electron chi connectivity index (χ4n) is 3.87. The molecule has 0 N–H and O–H groups in total. The maximum absolute atomic E-state index is 13.0. The molecular weight excluding hydrogens is 300 g/mol. The summed E-state index contributed by atoms with van der Waals surface area (Å²) in [5.41, 5.74) is 0.572. The number of rotatable bonds is 3. The maximum Gasteiger partial charge on any atom is 0.257 e. The van der Waals surface area contributed by atoms with Gasteiger partial charge in [0.15, 0.2) is 0 Å². The summed E-state index contributed by atoms with van der Waals surface area (Å²) in [6.45, 7) is 1.95. The molecule has 2 unspecified atom stereocenters. The second kappa shape index (κ2) is 6.47. The van der Waals surface area contributed by atoms with Gasteiger partial charge in [-0.1, -0.05) is 11.6 Å². The summed E-state index contributed by atoms with van der Waals surface area (Å²) in [6.07, 6.45) is 4.56. The molecule has 1 aromatic carbocycles. The molecule has 0 saturated carbocycles. The molecule has 0 bridgehead atoms. The summed E-state index contributed by atoms with van der Waals surface area (Å²) in [7, 11) is 3.75. The Labute approximate surface area is 137 Å². The van der Waals surface area contributed by atoms with Crippen molar-refractivity contribution in [1.82, 2.24) is 9.80 Å². The van der Waals surface area contributed by atoms with Gasteiger partial charge in [0.2, 0.25) is 0 Å². The Hall–Kier alpha value is -1.26. The molecule has 1 aromatic rings. The molecule has 2 saturated heterocycles. The standard InChI is InChI=1S/C17H23ClN2O2/c1-19-9-3-5-14(19)15-6-4-10-20(15)17(21)13-11-12(18)7-8-16(13)22-2/h7-8,11,14-15H,3-6,9-10H2,1-2H3. The van der Waals surface area contributed by atoms with Gasteiger partial charge in [-0.05, 0) is 57.5 Å². The van der Waals surface area contributed by atoms with Crippen molar-refractivity contribution in [2.45, 2.75) is 37.8 Å². The first-order valence-electron chi connectivity index (χ1n) is 7.96. The first-order valence-corrected chi connectivity index (χ1v) is 8.34. The summed E-state index contributed by atoms with van der Waals surface area (Å²) in [6, 6.07) is 6.03. The molecule has 120 valence electrons. The Morgan fingerprint density at radius 1 is 1.23 bits per heavy atom. The van der Waals surface area contributed by atoms with Crippen molar-refractivity contribution in [2.75, 3.05) is 27.2 Å². The number of ether oxygens (including phenoxy) is 1. The molecule has 22 heavy (non-hydrogen) atoms. The number of amides is 1. The fourth-order valence-corrected chi connectivity index (χ4v) is 4.04. The SMILES string of the molecule is COc1ccc(Cl)cc1C(=O)N1CCCC1C1CCCN1C. The third kappa shape index (κ3) is 2.82. The van der Waals surface area contributed by atoms with Crippen molar-refractivity contribution in [3.05, 3.63) is 28.8 Å². The van der Waals surface area contributed by atoms with E-state index in [0.29, 0.717) is 28.4 Å². The molecule has 0 aliphatic carbocycles.